The molecule has 0 amide bonds. The van der Waals surface area contributed by atoms with Crippen molar-refractivity contribution < 1.29 is 5.11 Å². The van der Waals surface area contributed by atoms with Crippen LogP contribution in [0.4, 0.5) is 0 Å². The van der Waals surface area contributed by atoms with Crippen LogP contribution in [-0.4, -0.2) is 34.7 Å². The van der Waals surface area contributed by atoms with Gasteiger partial charge < -0.3 is 5.11 Å². The second-order valence-corrected chi connectivity index (χ2v) is 4.97. The van der Waals surface area contributed by atoms with E-state index in [1.54, 1.807) is 0 Å². The van der Waals surface area contributed by atoms with Gasteiger partial charge in [-0.25, -0.2) is 0 Å². The Morgan fingerprint density at radius 2 is 2.25 bits per heavy atom. The van der Waals surface area contributed by atoms with Crippen molar-refractivity contribution in [2.45, 2.75) is 50.6 Å². The SMILES string of the molecule is CCC1(N2CCCCC2CO)C=CC=CC1. The van der Waals surface area contributed by atoms with Crippen molar-refractivity contribution in [1.82, 2.24) is 4.90 Å². The summed E-state index contributed by atoms with van der Waals surface area (Å²) in [5.41, 5.74) is 0.169. The van der Waals surface area contributed by atoms with Gasteiger partial charge in [-0.15, -0.1) is 0 Å². The third kappa shape index (κ3) is 2.09. The number of rotatable bonds is 3. The molecule has 1 fully saturated rings. The normalized spacial score (nSPS) is 35.5. The van der Waals surface area contributed by atoms with Crippen molar-refractivity contribution in [3.63, 3.8) is 0 Å². The Morgan fingerprint density at radius 3 is 2.88 bits per heavy atom. The smallest absolute Gasteiger partial charge is 0.0587 e. The van der Waals surface area contributed by atoms with Crippen LogP contribution in [-0.2, 0) is 0 Å². The van der Waals surface area contributed by atoms with Crippen LogP contribution in [0.3, 0.4) is 0 Å². The van der Waals surface area contributed by atoms with Crippen LogP contribution in [0.5, 0.6) is 0 Å². The van der Waals surface area contributed by atoms with Gasteiger partial charge in [0, 0.05) is 11.6 Å². The number of allylic oxidation sites excluding steroid dienone is 2. The zero-order chi connectivity index (χ0) is 11.4. The number of nitrogens with zero attached hydrogens (tertiary/aromatic N) is 1. The second kappa shape index (κ2) is 5.15. The molecule has 2 unspecified atom stereocenters. The van der Waals surface area contributed by atoms with Gasteiger partial charge in [0.1, 0.15) is 0 Å². The molecule has 0 bridgehead atoms. The van der Waals surface area contributed by atoms with E-state index < -0.39 is 0 Å². The lowest BCUT2D eigenvalue weighted by molar-refractivity contribution is 0.0156. The van der Waals surface area contributed by atoms with Crippen molar-refractivity contribution in [1.29, 1.82) is 0 Å². The molecule has 1 heterocycles. The highest BCUT2D eigenvalue weighted by molar-refractivity contribution is 5.22. The third-order valence-electron chi connectivity index (χ3n) is 4.15. The fourth-order valence-corrected chi connectivity index (χ4v) is 3.11. The quantitative estimate of drug-likeness (QED) is 0.791. The molecule has 1 N–H and O–H groups in total. The van der Waals surface area contributed by atoms with Crippen LogP contribution >= 0.6 is 0 Å². The molecule has 0 saturated carbocycles. The van der Waals surface area contributed by atoms with E-state index in [1.165, 1.54) is 12.8 Å². The molecule has 1 aliphatic heterocycles. The van der Waals surface area contributed by atoms with Crippen LogP contribution in [0.25, 0.3) is 0 Å². The first-order valence-corrected chi connectivity index (χ1v) is 6.54. The monoisotopic (exact) mass is 221 g/mol. The van der Waals surface area contributed by atoms with Crippen molar-refractivity contribution in [2.75, 3.05) is 13.2 Å². The lowest BCUT2D eigenvalue weighted by Crippen LogP contribution is -2.55. The Labute approximate surface area is 98.6 Å². The number of aliphatic hydroxyl groups excluding tert-OH is 1. The standard InChI is InChI=1S/C14H23NO/c1-2-14(9-5-3-6-10-14)15-11-7-4-8-13(15)12-16/h3,5-6,9,13,16H,2,4,7-8,10-12H2,1H3. The average molecular weight is 221 g/mol. The van der Waals surface area contributed by atoms with Crippen LogP contribution in [0, 0.1) is 0 Å². The zero-order valence-electron chi connectivity index (χ0n) is 10.2. The highest BCUT2D eigenvalue weighted by atomic mass is 16.3. The van der Waals surface area contributed by atoms with Gasteiger partial charge in [0.2, 0.25) is 0 Å². The first-order valence-electron chi connectivity index (χ1n) is 6.54. The van der Waals surface area contributed by atoms with E-state index in [-0.39, 0.29) is 5.54 Å². The molecule has 0 aromatic carbocycles. The molecule has 2 rings (SSSR count). The van der Waals surface area contributed by atoms with E-state index in [0.29, 0.717) is 12.6 Å². The summed E-state index contributed by atoms with van der Waals surface area (Å²) in [4.78, 5) is 2.54. The maximum absolute atomic E-state index is 9.52. The number of hydrogen-bond donors (Lipinski definition) is 1. The predicted molar refractivity (Wildman–Crippen MR) is 67.3 cm³/mol. The van der Waals surface area contributed by atoms with Crippen molar-refractivity contribution in [2.24, 2.45) is 0 Å². The Hall–Kier alpha value is -0.600. The van der Waals surface area contributed by atoms with Gasteiger partial charge in [0.15, 0.2) is 0 Å². The molecule has 2 heteroatoms. The lowest BCUT2D eigenvalue weighted by atomic mass is 9.83. The molecule has 16 heavy (non-hydrogen) atoms. The first-order chi connectivity index (χ1) is 7.82. The molecular formula is C14H23NO. The molecule has 0 aromatic rings. The van der Waals surface area contributed by atoms with Crippen molar-refractivity contribution >= 4 is 0 Å². The highest BCUT2D eigenvalue weighted by Crippen LogP contribution is 2.34. The molecule has 2 aliphatic rings. The minimum Gasteiger partial charge on any atom is -0.395 e. The minimum absolute atomic E-state index is 0.169. The summed E-state index contributed by atoms with van der Waals surface area (Å²) in [5, 5.41) is 9.52. The molecule has 90 valence electrons. The lowest BCUT2D eigenvalue weighted by Gasteiger charge is -2.48. The summed E-state index contributed by atoms with van der Waals surface area (Å²) in [6.45, 7) is 3.70. The molecule has 0 radical (unpaired) electrons. The maximum Gasteiger partial charge on any atom is 0.0587 e. The molecule has 2 nitrogen and oxygen atoms in total. The van der Waals surface area contributed by atoms with E-state index in [0.717, 1.165) is 25.8 Å². The van der Waals surface area contributed by atoms with E-state index in [2.05, 4.69) is 36.1 Å². The van der Waals surface area contributed by atoms with Crippen LogP contribution in [0.15, 0.2) is 24.3 Å². The summed E-state index contributed by atoms with van der Waals surface area (Å²) >= 11 is 0. The minimum atomic E-state index is 0.169. The fraction of sp³-hybridized carbons (Fsp3) is 0.714. The zero-order valence-corrected chi connectivity index (χ0v) is 10.2. The second-order valence-electron chi connectivity index (χ2n) is 4.97. The third-order valence-corrected chi connectivity index (χ3v) is 4.15. The Bertz CT molecular complexity index is 284. The van der Waals surface area contributed by atoms with Gasteiger partial charge in [0.25, 0.3) is 0 Å². The summed E-state index contributed by atoms with van der Waals surface area (Å²) in [5.74, 6) is 0. The fourth-order valence-electron chi connectivity index (χ4n) is 3.11. The summed E-state index contributed by atoms with van der Waals surface area (Å²) in [6, 6.07) is 0.366. The van der Waals surface area contributed by atoms with E-state index in [9.17, 15) is 5.11 Å². The summed E-state index contributed by atoms with van der Waals surface area (Å²) < 4.78 is 0. The van der Waals surface area contributed by atoms with Gasteiger partial charge in [0.05, 0.1) is 6.61 Å². The van der Waals surface area contributed by atoms with Crippen molar-refractivity contribution in [3.05, 3.63) is 24.3 Å². The first kappa shape index (κ1) is 11.9. The molecule has 1 saturated heterocycles. The number of piperidine rings is 1. The number of hydrogen-bond acceptors (Lipinski definition) is 2. The Morgan fingerprint density at radius 1 is 1.38 bits per heavy atom. The molecule has 0 spiro atoms. The number of likely N-dealkylation sites (tertiary alicyclic amines) is 1. The summed E-state index contributed by atoms with van der Waals surface area (Å²) in [6.07, 6.45) is 14.8. The Balaban J connectivity index is 2.18. The van der Waals surface area contributed by atoms with Gasteiger partial charge in [-0.2, -0.15) is 0 Å². The number of aliphatic hydroxyl groups is 1. The van der Waals surface area contributed by atoms with Crippen LogP contribution in [0.1, 0.15) is 39.0 Å². The van der Waals surface area contributed by atoms with Crippen molar-refractivity contribution in [3.8, 4) is 0 Å². The maximum atomic E-state index is 9.52. The van der Waals surface area contributed by atoms with Crippen LogP contribution < -0.4 is 0 Å². The Kier molecular flexibility index (Phi) is 3.82. The molecule has 0 aromatic heterocycles. The topological polar surface area (TPSA) is 23.5 Å². The molecular weight excluding hydrogens is 198 g/mol. The van der Waals surface area contributed by atoms with Gasteiger partial charge >= 0.3 is 0 Å². The van der Waals surface area contributed by atoms with Gasteiger partial charge in [-0.3, -0.25) is 4.90 Å². The van der Waals surface area contributed by atoms with Gasteiger partial charge in [-0.1, -0.05) is 37.6 Å². The molecule has 2 atom stereocenters. The molecule has 1 aliphatic carbocycles. The largest absolute Gasteiger partial charge is 0.395 e. The predicted octanol–water partition coefficient (Wildman–Crippen LogP) is 2.50. The highest BCUT2D eigenvalue weighted by Gasteiger charge is 2.37. The van der Waals surface area contributed by atoms with E-state index >= 15 is 0 Å². The average Bonchev–Trinajstić information content (AvgIpc) is 2.39. The summed E-state index contributed by atoms with van der Waals surface area (Å²) in [7, 11) is 0. The van der Waals surface area contributed by atoms with Gasteiger partial charge in [-0.05, 0) is 32.2 Å². The van der Waals surface area contributed by atoms with E-state index in [1.807, 2.05) is 0 Å². The van der Waals surface area contributed by atoms with Crippen LogP contribution in [0.2, 0.25) is 0 Å². The van der Waals surface area contributed by atoms with E-state index in [4.69, 9.17) is 0 Å².